The van der Waals surface area contributed by atoms with Gasteiger partial charge in [0.25, 0.3) is 0 Å². The van der Waals surface area contributed by atoms with Gasteiger partial charge in [-0.05, 0) is 34.4 Å². The van der Waals surface area contributed by atoms with Gasteiger partial charge in [-0.25, -0.2) is 0 Å². The first-order valence-corrected chi connectivity index (χ1v) is 5.00. The zero-order valence-corrected chi connectivity index (χ0v) is 9.79. The quantitative estimate of drug-likeness (QED) is 0.668. The second-order valence-electron chi connectivity index (χ2n) is 4.06. The van der Waals surface area contributed by atoms with E-state index >= 15 is 0 Å². The third-order valence-corrected chi connectivity index (χ3v) is 2.93. The number of carbonyl (C=O) groups is 1. The van der Waals surface area contributed by atoms with E-state index in [0.29, 0.717) is 12.6 Å². The number of carboxylic acid groups (broad SMARTS) is 1. The fraction of sp³-hybridized carbons (Fsp3) is 0.900. The zero-order valence-electron chi connectivity index (χ0n) is 9.79. The van der Waals surface area contributed by atoms with E-state index in [1.807, 2.05) is 7.05 Å². The zero-order chi connectivity index (χ0) is 11.4. The Bertz CT molecular complexity index is 197. The SMILES string of the molecule is CCC(C)N(C)CC(C)(NC)C(=O)O. The topological polar surface area (TPSA) is 52.6 Å². The minimum atomic E-state index is -0.863. The molecule has 2 atom stereocenters. The molecule has 0 aromatic heterocycles. The highest BCUT2D eigenvalue weighted by atomic mass is 16.4. The molecule has 0 aliphatic carbocycles. The van der Waals surface area contributed by atoms with E-state index in [2.05, 4.69) is 24.1 Å². The van der Waals surface area contributed by atoms with Crippen molar-refractivity contribution in [2.75, 3.05) is 20.6 Å². The van der Waals surface area contributed by atoms with Gasteiger partial charge in [-0.2, -0.15) is 0 Å². The van der Waals surface area contributed by atoms with Gasteiger partial charge in [0.15, 0.2) is 0 Å². The van der Waals surface area contributed by atoms with Crippen molar-refractivity contribution in [3.8, 4) is 0 Å². The molecular formula is C10H22N2O2. The average molecular weight is 202 g/mol. The molecule has 0 amide bonds. The molecule has 0 saturated heterocycles. The van der Waals surface area contributed by atoms with E-state index in [9.17, 15) is 4.79 Å². The van der Waals surface area contributed by atoms with Gasteiger partial charge in [-0.1, -0.05) is 6.92 Å². The van der Waals surface area contributed by atoms with Crippen LogP contribution in [0.1, 0.15) is 27.2 Å². The minimum Gasteiger partial charge on any atom is -0.480 e. The van der Waals surface area contributed by atoms with E-state index in [0.717, 1.165) is 6.42 Å². The lowest BCUT2D eigenvalue weighted by Crippen LogP contribution is -2.56. The second-order valence-corrected chi connectivity index (χ2v) is 4.06. The summed E-state index contributed by atoms with van der Waals surface area (Å²) in [4.78, 5) is 13.1. The van der Waals surface area contributed by atoms with Gasteiger partial charge in [0.1, 0.15) is 5.54 Å². The lowest BCUT2D eigenvalue weighted by Gasteiger charge is -2.32. The molecule has 0 saturated carbocycles. The highest BCUT2D eigenvalue weighted by Crippen LogP contribution is 2.09. The largest absolute Gasteiger partial charge is 0.480 e. The third kappa shape index (κ3) is 3.27. The summed E-state index contributed by atoms with van der Waals surface area (Å²) in [6.07, 6.45) is 1.02. The molecule has 4 nitrogen and oxygen atoms in total. The average Bonchev–Trinajstić information content (AvgIpc) is 2.15. The van der Waals surface area contributed by atoms with Crippen molar-refractivity contribution < 1.29 is 9.90 Å². The number of carboxylic acids is 1. The maximum Gasteiger partial charge on any atom is 0.324 e. The fourth-order valence-corrected chi connectivity index (χ4v) is 1.22. The molecule has 0 fully saturated rings. The third-order valence-electron chi connectivity index (χ3n) is 2.93. The molecular weight excluding hydrogens is 180 g/mol. The molecule has 2 N–H and O–H groups in total. The lowest BCUT2D eigenvalue weighted by atomic mass is 10.0. The predicted molar refractivity (Wildman–Crippen MR) is 57.5 cm³/mol. The molecule has 2 unspecified atom stereocenters. The van der Waals surface area contributed by atoms with Crippen LogP contribution >= 0.6 is 0 Å². The summed E-state index contributed by atoms with van der Waals surface area (Å²) in [5.74, 6) is -0.810. The number of hydrogen-bond acceptors (Lipinski definition) is 3. The van der Waals surface area contributed by atoms with Crippen LogP contribution in [0.25, 0.3) is 0 Å². The number of rotatable bonds is 6. The molecule has 0 radical (unpaired) electrons. The monoisotopic (exact) mass is 202 g/mol. The van der Waals surface area contributed by atoms with Crippen LogP contribution in [-0.2, 0) is 4.79 Å². The summed E-state index contributed by atoms with van der Waals surface area (Å²) in [6.45, 7) is 6.40. The van der Waals surface area contributed by atoms with Gasteiger partial charge >= 0.3 is 5.97 Å². The Labute approximate surface area is 86.3 Å². The Hall–Kier alpha value is -0.610. The van der Waals surface area contributed by atoms with Gasteiger partial charge < -0.3 is 15.3 Å². The molecule has 14 heavy (non-hydrogen) atoms. The Morgan fingerprint density at radius 1 is 1.64 bits per heavy atom. The van der Waals surface area contributed by atoms with Crippen molar-refractivity contribution in [1.82, 2.24) is 10.2 Å². The summed E-state index contributed by atoms with van der Waals surface area (Å²) >= 11 is 0. The van der Waals surface area contributed by atoms with Crippen LogP contribution in [0.15, 0.2) is 0 Å². The summed E-state index contributed by atoms with van der Waals surface area (Å²) in [6, 6.07) is 0.405. The first-order valence-electron chi connectivity index (χ1n) is 5.00. The number of nitrogens with one attached hydrogen (secondary N) is 1. The van der Waals surface area contributed by atoms with Crippen molar-refractivity contribution in [2.24, 2.45) is 0 Å². The van der Waals surface area contributed by atoms with Gasteiger partial charge in [-0.15, -0.1) is 0 Å². The van der Waals surface area contributed by atoms with Crippen LogP contribution in [0, 0.1) is 0 Å². The van der Waals surface area contributed by atoms with Gasteiger partial charge in [0, 0.05) is 12.6 Å². The Kier molecular flexibility index (Phi) is 5.08. The van der Waals surface area contributed by atoms with Crippen molar-refractivity contribution in [1.29, 1.82) is 0 Å². The Balaban J connectivity index is 4.39. The molecule has 0 bridgehead atoms. The normalized spacial score (nSPS) is 17.9. The van der Waals surface area contributed by atoms with Crippen molar-refractivity contribution >= 4 is 5.97 Å². The first-order chi connectivity index (χ1) is 6.37. The molecule has 4 heteroatoms. The molecule has 0 aromatic carbocycles. The molecule has 0 aliphatic heterocycles. The standard InChI is InChI=1S/C10H22N2O2/c1-6-8(2)12(5)7-10(3,11-4)9(13)14/h8,11H,6-7H2,1-5H3,(H,13,14). The van der Waals surface area contributed by atoms with Gasteiger partial charge in [0.05, 0.1) is 0 Å². The van der Waals surface area contributed by atoms with Crippen molar-refractivity contribution in [2.45, 2.75) is 38.8 Å². The maximum absolute atomic E-state index is 11.0. The fourth-order valence-electron chi connectivity index (χ4n) is 1.22. The van der Waals surface area contributed by atoms with Gasteiger partial charge in [-0.3, -0.25) is 4.79 Å². The molecule has 0 heterocycles. The minimum absolute atomic E-state index is 0.405. The van der Waals surface area contributed by atoms with E-state index < -0.39 is 11.5 Å². The van der Waals surface area contributed by atoms with Crippen LogP contribution in [0.2, 0.25) is 0 Å². The van der Waals surface area contributed by atoms with E-state index in [1.54, 1.807) is 14.0 Å². The number of nitrogens with zero attached hydrogens (tertiary/aromatic N) is 1. The molecule has 84 valence electrons. The predicted octanol–water partition coefficient (Wildman–Crippen LogP) is 0.779. The van der Waals surface area contributed by atoms with Crippen LogP contribution in [-0.4, -0.2) is 48.2 Å². The first kappa shape index (κ1) is 13.4. The van der Waals surface area contributed by atoms with Gasteiger partial charge in [0.2, 0.25) is 0 Å². The number of hydrogen-bond donors (Lipinski definition) is 2. The van der Waals surface area contributed by atoms with E-state index in [-0.39, 0.29) is 0 Å². The van der Waals surface area contributed by atoms with Crippen LogP contribution in [0.5, 0.6) is 0 Å². The van der Waals surface area contributed by atoms with Crippen molar-refractivity contribution in [3.05, 3.63) is 0 Å². The Morgan fingerprint density at radius 3 is 2.43 bits per heavy atom. The summed E-state index contributed by atoms with van der Waals surface area (Å²) in [7, 11) is 3.63. The summed E-state index contributed by atoms with van der Waals surface area (Å²) in [5, 5.41) is 11.9. The van der Waals surface area contributed by atoms with E-state index in [4.69, 9.17) is 5.11 Å². The highest BCUT2D eigenvalue weighted by molar-refractivity contribution is 5.78. The number of likely N-dealkylation sites (N-methyl/N-ethyl adjacent to an activating group) is 2. The van der Waals surface area contributed by atoms with Crippen LogP contribution in [0.4, 0.5) is 0 Å². The second kappa shape index (κ2) is 5.32. The Morgan fingerprint density at radius 2 is 2.14 bits per heavy atom. The summed E-state index contributed by atoms with van der Waals surface area (Å²) in [5.41, 5.74) is -0.863. The summed E-state index contributed by atoms with van der Waals surface area (Å²) < 4.78 is 0. The molecule has 0 aromatic rings. The van der Waals surface area contributed by atoms with Crippen LogP contribution < -0.4 is 5.32 Å². The van der Waals surface area contributed by atoms with Crippen molar-refractivity contribution in [3.63, 3.8) is 0 Å². The number of aliphatic carboxylic acids is 1. The lowest BCUT2D eigenvalue weighted by molar-refractivity contribution is -0.144. The van der Waals surface area contributed by atoms with E-state index in [1.165, 1.54) is 0 Å². The molecule has 0 aliphatic rings. The smallest absolute Gasteiger partial charge is 0.324 e. The highest BCUT2D eigenvalue weighted by Gasteiger charge is 2.33. The maximum atomic E-state index is 11.0. The molecule has 0 spiro atoms. The molecule has 0 rings (SSSR count). The van der Waals surface area contributed by atoms with Crippen LogP contribution in [0.3, 0.4) is 0 Å².